The van der Waals surface area contributed by atoms with Gasteiger partial charge in [-0.15, -0.1) is 0 Å². The van der Waals surface area contributed by atoms with E-state index in [4.69, 9.17) is 10.5 Å². The molecule has 0 saturated carbocycles. The smallest absolute Gasteiger partial charge is 0.128 e. The Morgan fingerprint density at radius 3 is 2.93 bits per heavy atom. The van der Waals surface area contributed by atoms with E-state index in [1.165, 1.54) is 0 Å². The van der Waals surface area contributed by atoms with Crippen molar-refractivity contribution in [2.75, 3.05) is 32.2 Å². The van der Waals surface area contributed by atoms with E-state index in [0.29, 0.717) is 6.61 Å². The number of rotatable bonds is 5. The van der Waals surface area contributed by atoms with Crippen molar-refractivity contribution in [3.63, 3.8) is 0 Å². The van der Waals surface area contributed by atoms with Gasteiger partial charge in [-0.3, -0.25) is 0 Å². The van der Waals surface area contributed by atoms with Crippen LogP contribution < -0.4 is 10.6 Å². The number of nitrogens with two attached hydrogens (primary N) is 1. The van der Waals surface area contributed by atoms with Crippen molar-refractivity contribution >= 4 is 5.82 Å². The maximum absolute atomic E-state index is 5.83. The Morgan fingerprint density at radius 2 is 2.36 bits per heavy atom. The number of anilines is 1. The molecule has 4 heteroatoms. The van der Waals surface area contributed by atoms with Crippen molar-refractivity contribution in [3.05, 3.63) is 24.4 Å². The summed E-state index contributed by atoms with van der Waals surface area (Å²) in [6.45, 7) is 1.31. The molecule has 1 aromatic rings. The molecule has 0 aliphatic carbocycles. The lowest BCUT2D eigenvalue weighted by Crippen LogP contribution is -2.38. The quantitative estimate of drug-likeness (QED) is 0.743. The van der Waals surface area contributed by atoms with Crippen LogP contribution in [-0.2, 0) is 4.74 Å². The third-order valence-electron chi connectivity index (χ3n) is 1.93. The minimum atomic E-state index is 0.0204. The molecule has 1 aromatic heterocycles. The molecule has 0 bridgehead atoms. The lowest BCUT2D eigenvalue weighted by atomic mass is 10.3. The predicted octanol–water partition coefficient (Wildman–Crippen LogP) is 0.491. The fourth-order valence-corrected chi connectivity index (χ4v) is 1.29. The molecule has 78 valence electrons. The average molecular weight is 195 g/mol. The molecule has 1 unspecified atom stereocenters. The Labute approximate surface area is 84.7 Å². The summed E-state index contributed by atoms with van der Waals surface area (Å²) >= 11 is 0. The summed E-state index contributed by atoms with van der Waals surface area (Å²) in [4.78, 5) is 6.24. The Morgan fingerprint density at radius 1 is 1.57 bits per heavy atom. The van der Waals surface area contributed by atoms with Gasteiger partial charge in [0, 0.05) is 32.9 Å². The molecule has 0 aliphatic rings. The molecular weight excluding hydrogens is 178 g/mol. The highest BCUT2D eigenvalue weighted by atomic mass is 16.5. The highest BCUT2D eigenvalue weighted by molar-refractivity contribution is 5.36. The Balaban J connectivity index is 2.46. The number of aromatic nitrogens is 1. The van der Waals surface area contributed by atoms with Crippen molar-refractivity contribution in [1.29, 1.82) is 0 Å². The van der Waals surface area contributed by atoms with E-state index in [2.05, 4.69) is 4.98 Å². The molecule has 0 amide bonds. The van der Waals surface area contributed by atoms with Gasteiger partial charge in [0.15, 0.2) is 0 Å². The fraction of sp³-hybridized carbons (Fsp3) is 0.500. The van der Waals surface area contributed by atoms with Gasteiger partial charge in [-0.05, 0) is 12.1 Å². The van der Waals surface area contributed by atoms with Crippen LogP contribution in [0.1, 0.15) is 0 Å². The van der Waals surface area contributed by atoms with Crippen LogP contribution >= 0.6 is 0 Å². The lowest BCUT2D eigenvalue weighted by Gasteiger charge is -2.21. The average Bonchev–Trinajstić information content (AvgIpc) is 2.19. The first-order valence-electron chi connectivity index (χ1n) is 4.60. The van der Waals surface area contributed by atoms with Crippen LogP contribution in [0.15, 0.2) is 24.4 Å². The fourth-order valence-electron chi connectivity index (χ4n) is 1.29. The number of methoxy groups -OCH3 is 1. The molecule has 1 rings (SSSR count). The second-order valence-electron chi connectivity index (χ2n) is 3.28. The highest BCUT2D eigenvalue weighted by Gasteiger charge is 2.07. The van der Waals surface area contributed by atoms with Crippen molar-refractivity contribution < 1.29 is 4.74 Å². The highest BCUT2D eigenvalue weighted by Crippen LogP contribution is 2.06. The number of hydrogen-bond donors (Lipinski definition) is 1. The first-order valence-corrected chi connectivity index (χ1v) is 4.60. The van der Waals surface area contributed by atoms with Gasteiger partial charge >= 0.3 is 0 Å². The summed E-state index contributed by atoms with van der Waals surface area (Å²) in [5.74, 6) is 0.930. The van der Waals surface area contributed by atoms with Gasteiger partial charge in [-0.1, -0.05) is 6.07 Å². The molecule has 0 fully saturated rings. The van der Waals surface area contributed by atoms with E-state index in [1.54, 1.807) is 13.3 Å². The molecule has 0 aliphatic heterocycles. The zero-order valence-electron chi connectivity index (χ0n) is 8.68. The maximum atomic E-state index is 5.83. The Kier molecular flexibility index (Phi) is 4.35. The summed E-state index contributed by atoms with van der Waals surface area (Å²) in [5.41, 5.74) is 5.83. The first-order chi connectivity index (χ1) is 6.74. The molecule has 0 radical (unpaired) electrons. The summed E-state index contributed by atoms with van der Waals surface area (Å²) in [5, 5.41) is 0. The second kappa shape index (κ2) is 5.57. The van der Waals surface area contributed by atoms with E-state index in [0.717, 1.165) is 12.4 Å². The normalized spacial score (nSPS) is 12.5. The van der Waals surface area contributed by atoms with Gasteiger partial charge < -0.3 is 15.4 Å². The zero-order chi connectivity index (χ0) is 10.4. The monoisotopic (exact) mass is 195 g/mol. The van der Waals surface area contributed by atoms with Gasteiger partial charge in [0.05, 0.1) is 6.61 Å². The van der Waals surface area contributed by atoms with Crippen LogP contribution in [0.4, 0.5) is 5.82 Å². The topological polar surface area (TPSA) is 51.4 Å². The van der Waals surface area contributed by atoms with Crippen molar-refractivity contribution in [2.24, 2.45) is 5.73 Å². The van der Waals surface area contributed by atoms with Gasteiger partial charge in [0.1, 0.15) is 5.82 Å². The SMILES string of the molecule is COCC(N)CN(C)c1ccccn1. The molecule has 1 atom stereocenters. The van der Waals surface area contributed by atoms with Crippen molar-refractivity contribution in [1.82, 2.24) is 4.98 Å². The molecular formula is C10H17N3O. The van der Waals surface area contributed by atoms with Crippen LogP contribution in [0.25, 0.3) is 0 Å². The Bertz CT molecular complexity index is 253. The summed E-state index contributed by atoms with van der Waals surface area (Å²) in [6, 6.07) is 5.83. The molecule has 0 aromatic carbocycles. The lowest BCUT2D eigenvalue weighted by molar-refractivity contribution is 0.181. The van der Waals surface area contributed by atoms with E-state index >= 15 is 0 Å². The second-order valence-corrected chi connectivity index (χ2v) is 3.28. The van der Waals surface area contributed by atoms with Crippen LogP contribution in [0.3, 0.4) is 0 Å². The summed E-state index contributed by atoms with van der Waals surface area (Å²) in [7, 11) is 3.62. The molecule has 2 N–H and O–H groups in total. The van der Waals surface area contributed by atoms with Gasteiger partial charge in [-0.25, -0.2) is 4.98 Å². The largest absolute Gasteiger partial charge is 0.383 e. The van der Waals surface area contributed by atoms with Crippen LogP contribution in [0.2, 0.25) is 0 Å². The third kappa shape index (κ3) is 3.32. The number of ether oxygens (including phenoxy) is 1. The van der Waals surface area contributed by atoms with Gasteiger partial charge in [-0.2, -0.15) is 0 Å². The number of hydrogen-bond acceptors (Lipinski definition) is 4. The predicted molar refractivity (Wildman–Crippen MR) is 57.4 cm³/mol. The van der Waals surface area contributed by atoms with Crippen LogP contribution in [0.5, 0.6) is 0 Å². The minimum absolute atomic E-state index is 0.0204. The first kappa shape index (κ1) is 10.9. The summed E-state index contributed by atoms with van der Waals surface area (Å²) < 4.78 is 4.97. The van der Waals surface area contributed by atoms with E-state index in [9.17, 15) is 0 Å². The minimum Gasteiger partial charge on any atom is -0.383 e. The van der Waals surface area contributed by atoms with Gasteiger partial charge in [0.2, 0.25) is 0 Å². The molecule has 14 heavy (non-hydrogen) atoms. The van der Waals surface area contributed by atoms with E-state index < -0.39 is 0 Å². The zero-order valence-corrected chi connectivity index (χ0v) is 8.68. The van der Waals surface area contributed by atoms with Crippen LogP contribution in [0, 0.1) is 0 Å². The maximum Gasteiger partial charge on any atom is 0.128 e. The van der Waals surface area contributed by atoms with E-state index in [-0.39, 0.29) is 6.04 Å². The number of pyridine rings is 1. The summed E-state index contributed by atoms with van der Waals surface area (Å²) in [6.07, 6.45) is 1.77. The van der Waals surface area contributed by atoms with Crippen LogP contribution in [-0.4, -0.2) is 38.3 Å². The Hall–Kier alpha value is -1.13. The molecule has 1 heterocycles. The third-order valence-corrected chi connectivity index (χ3v) is 1.93. The van der Waals surface area contributed by atoms with Crippen molar-refractivity contribution in [3.8, 4) is 0 Å². The number of likely N-dealkylation sites (N-methyl/N-ethyl adjacent to an activating group) is 1. The van der Waals surface area contributed by atoms with E-state index in [1.807, 2.05) is 30.1 Å². The molecule has 0 spiro atoms. The van der Waals surface area contributed by atoms with Gasteiger partial charge in [0.25, 0.3) is 0 Å². The van der Waals surface area contributed by atoms with Crippen molar-refractivity contribution in [2.45, 2.75) is 6.04 Å². The standard InChI is InChI=1S/C10H17N3O/c1-13(7-9(11)8-14-2)10-5-3-4-6-12-10/h3-6,9H,7-8,11H2,1-2H3. The molecule has 4 nitrogen and oxygen atoms in total. The molecule has 0 saturated heterocycles. The number of nitrogens with zero attached hydrogens (tertiary/aromatic N) is 2.